The average Bonchev–Trinajstić information content (AvgIpc) is 3.33. The Morgan fingerprint density at radius 1 is 1.07 bits per heavy atom. The van der Waals surface area contributed by atoms with E-state index in [1.807, 2.05) is 6.07 Å². The summed E-state index contributed by atoms with van der Waals surface area (Å²) in [4.78, 5) is 15.7. The summed E-state index contributed by atoms with van der Waals surface area (Å²) in [6.07, 6.45) is 1.34. The van der Waals surface area contributed by atoms with Crippen molar-refractivity contribution in [3.8, 4) is 17.4 Å². The molecule has 0 spiro atoms. The lowest BCUT2D eigenvalue weighted by Crippen LogP contribution is -2.22. The molecule has 4 aromatic rings. The fourth-order valence-corrected chi connectivity index (χ4v) is 3.34. The van der Waals surface area contributed by atoms with Crippen LogP contribution in [0.3, 0.4) is 0 Å². The molecule has 2 aromatic heterocycles. The van der Waals surface area contributed by atoms with Crippen LogP contribution in [-0.4, -0.2) is 11.0 Å². The van der Waals surface area contributed by atoms with E-state index < -0.39 is 5.97 Å². The summed E-state index contributed by atoms with van der Waals surface area (Å²) < 4.78 is 11.3. The van der Waals surface area contributed by atoms with Crippen LogP contribution < -0.4 is 5.11 Å². The first-order valence-corrected chi connectivity index (χ1v) is 9.01. The van der Waals surface area contributed by atoms with Gasteiger partial charge in [0.25, 0.3) is 5.22 Å². The molecule has 2 aromatic carbocycles. The maximum atomic E-state index is 11.5. The Morgan fingerprint density at radius 3 is 2.64 bits per heavy atom. The van der Waals surface area contributed by atoms with Gasteiger partial charge in [-0.2, -0.15) is 5.26 Å². The van der Waals surface area contributed by atoms with E-state index in [-0.39, 0.29) is 10.1 Å². The highest BCUT2D eigenvalue weighted by atomic mass is 32.2. The number of aromatic nitrogens is 1. The van der Waals surface area contributed by atoms with Gasteiger partial charge < -0.3 is 18.7 Å². The number of benzene rings is 2. The maximum absolute atomic E-state index is 11.5. The third-order valence-corrected chi connectivity index (χ3v) is 4.74. The zero-order valence-electron chi connectivity index (χ0n) is 14.3. The molecule has 6 nitrogen and oxygen atoms in total. The number of nitrogens with zero attached hydrogens (tertiary/aromatic N) is 2. The molecule has 136 valence electrons. The molecule has 0 atom stereocenters. The highest BCUT2D eigenvalue weighted by Gasteiger charge is 2.12. The molecule has 0 saturated heterocycles. The standard InChI is InChI=1S/C21H12N2O4S/c22-12-13-5-1-2-6-15(13)17-10-9-14(26-17)11-19(20(24)25)28-21-23-16-7-3-4-8-18(16)27-21/h1-11H,(H,24,25)/p-1/b19-11+. The van der Waals surface area contributed by atoms with Crippen molar-refractivity contribution in [3.05, 3.63) is 76.9 Å². The molecule has 0 amide bonds. The van der Waals surface area contributed by atoms with Crippen molar-refractivity contribution in [2.45, 2.75) is 5.22 Å². The minimum Gasteiger partial charge on any atom is -0.544 e. The number of fused-ring (bicyclic) bond motifs is 1. The first kappa shape index (κ1) is 17.6. The second kappa shape index (κ2) is 7.47. The molecule has 0 bridgehead atoms. The van der Waals surface area contributed by atoms with Gasteiger partial charge in [-0.1, -0.05) is 24.3 Å². The lowest BCUT2D eigenvalue weighted by Gasteiger charge is -2.04. The van der Waals surface area contributed by atoms with Gasteiger partial charge in [-0.15, -0.1) is 0 Å². The van der Waals surface area contributed by atoms with Crippen LogP contribution in [0.15, 0.2) is 79.6 Å². The van der Waals surface area contributed by atoms with Gasteiger partial charge in [0.05, 0.1) is 17.6 Å². The molecule has 0 aliphatic carbocycles. The predicted octanol–water partition coefficient (Wildman–Crippen LogP) is 3.84. The molecule has 0 N–H and O–H groups in total. The van der Waals surface area contributed by atoms with Crippen LogP contribution in [0, 0.1) is 11.3 Å². The number of carbonyl (C=O) groups excluding carboxylic acids is 1. The summed E-state index contributed by atoms with van der Waals surface area (Å²) in [5, 5.41) is 21.0. The number of furan rings is 1. The smallest absolute Gasteiger partial charge is 0.261 e. The zero-order valence-corrected chi connectivity index (χ0v) is 15.1. The maximum Gasteiger partial charge on any atom is 0.261 e. The van der Waals surface area contributed by atoms with E-state index in [0.29, 0.717) is 33.7 Å². The van der Waals surface area contributed by atoms with Gasteiger partial charge in [-0.25, -0.2) is 4.98 Å². The van der Waals surface area contributed by atoms with Gasteiger partial charge in [0.15, 0.2) is 5.58 Å². The van der Waals surface area contributed by atoms with Crippen molar-refractivity contribution < 1.29 is 18.7 Å². The molecule has 7 heteroatoms. The van der Waals surface area contributed by atoms with Crippen LogP contribution in [0.25, 0.3) is 28.5 Å². The minimum absolute atomic E-state index is 0.110. The molecular weight excluding hydrogens is 376 g/mol. The minimum atomic E-state index is -1.37. The van der Waals surface area contributed by atoms with E-state index in [1.54, 1.807) is 54.6 Å². The number of carboxylic acids is 1. The topological polar surface area (TPSA) is 103 Å². The number of thioether (sulfide) groups is 1. The van der Waals surface area contributed by atoms with Crippen LogP contribution in [0.4, 0.5) is 0 Å². The van der Waals surface area contributed by atoms with Crippen LogP contribution in [0.2, 0.25) is 0 Å². The Balaban J connectivity index is 1.64. The summed E-state index contributed by atoms with van der Waals surface area (Å²) in [5.41, 5.74) is 2.30. The normalized spacial score (nSPS) is 11.5. The van der Waals surface area contributed by atoms with Crippen LogP contribution in [0.5, 0.6) is 0 Å². The van der Waals surface area contributed by atoms with E-state index in [2.05, 4.69) is 11.1 Å². The van der Waals surface area contributed by atoms with E-state index in [9.17, 15) is 15.2 Å². The quantitative estimate of drug-likeness (QED) is 0.378. The van der Waals surface area contributed by atoms with Gasteiger partial charge >= 0.3 is 0 Å². The Kier molecular flexibility index (Phi) is 4.70. The van der Waals surface area contributed by atoms with E-state index >= 15 is 0 Å². The molecular formula is C21H11N2O4S-. The summed E-state index contributed by atoms with van der Waals surface area (Å²) in [6.45, 7) is 0. The number of para-hydroxylation sites is 2. The van der Waals surface area contributed by atoms with Crippen molar-refractivity contribution in [3.63, 3.8) is 0 Å². The van der Waals surface area contributed by atoms with Gasteiger partial charge in [-0.3, -0.25) is 0 Å². The van der Waals surface area contributed by atoms with Crippen LogP contribution in [-0.2, 0) is 4.79 Å². The number of hydrogen-bond acceptors (Lipinski definition) is 7. The largest absolute Gasteiger partial charge is 0.544 e. The summed E-state index contributed by atoms with van der Waals surface area (Å²) >= 11 is 0.839. The highest BCUT2D eigenvalue weighted by Crippen LogP contribution is 2.32. The fraction of sp³-hybridized carbons (Fsp3) is 0. The summed E-state index contributed by atoms with van der Waals surface area (Å²) in [6, 6.07) is 19.6. The molecule has 0 unspecified atom stereocenters. The Bertz CT molecular complexity index is 1210. The van der Waals surface area contributed by atoms with Crippen molar-refractivity contribution in [2.24, 2.45) is 0 Å². The first-order valence-electron chi connectivity index (χ1n) is 8.20. The molecule has 0 fully saturated rings. The van der Waals surface area contributed by atoms with Crippen molar-refractivity contribution >= 4 is 34.9 Å². The number of carboxylic acid groups (broad SMARTS) is 1. The molecule has 28 heavy (non-hydrogen) atoms. The monoisotopic (exact) mass is 387 g/mol. The predicted molar refractivity (Wildman–Crippen MR) is 102 cm³/mol. The zero-order chi connectivity index (χ0) is 19.5. The number of rotatable bonds is 5. The number of nitriles is 1. The number of oxazole rings is 1. The lowest BCUT2D eigenvalue weighted by molar-refractivity contribution is -0.298. The number of aliphatic carboxylic acids is 1. The lowest BCUT2D eigenvalue weighted by atomic mass is 10.1. The Labute approximate surface area is 163 Å². The molecule has 0 aliphatic rings. The van der Waals surface area contributed by atoms with Crippen molar-refractivity contribution in [2.75, 3.05) is 0 Å². The van der Waals surface area contributed by atoms with Gasteiger partial charge in [0.1, 0.15) is 17.0 Å². The Hall–Kier alpha value is -3.76. The SMILES string of the molecule is N#Cc1ccccc1-c1ccc(/C=C(/Sc2nc3ccccc3o2)C(=O)[O-])o1. The molecule has 2 heterocycles. The summed E-state index contributed by atoms with van der Waals surface area (Å²) in [5.74, 6) is -0.596. The molecule has 0 radical (unpaired) electrons. The second-order valence-electron chi connectivity index (χ2n) is 5.71. The molecule has 0 aliphatic heterocycles. The first-order chi connectivity index (χ1) is 13.6. The Morgan fingerprint density at radius 2 is 1.86 bits per heavy atom. The fourth-order valence-electron chi connectivity index (χ4n) is 2.62. The van der Waals surface area contributed by atoms with Crippen molar-refractivity contribution in [1.29, 1.82) is 5.26 Å². The van der Waals surface area contributed by atoms with E-state index in [1.165, 1.54) is 6.08 Å². The second-order valence-corrected chi connectivity index (χ2v) is 6.70. The van der Waals surface area contributed by atoms with Gasteiger partial charge in [0.2, 0.25) is 0 Å². The van der Waals surface area contributed by atoms with Gasteiger partial charge in [-0.05, 0) is 54.2 Å². The van der Waals surface area contributed by atoms with Crippen LogP contribution in [0.1, 0.15) is 11.3 Å². The van der Waals surface area contributed by atoms with E-state index in [4.69, 9.17) is 8.83 Å². The number of carbonyl (C=O) groups is 1. The number of hydrogen-bond donors (Lipinski definition) is 0. The summed E-state index contributed by atoms with van der Waals surface area (Å²) in [7, 11) is 0. The third kappa shape index (κ3) is 3.54. The average molecular weight is 387 g/mol. The van der Waals surface area contributed by atoms with Crippen LogP contribution >= 0.6 is 11.8 Å². The van der Waals surface area contributed by atoms with E-state index in [0.717, 1.165) is 11.8 Å². The van der Waals surface area contributed by atoms with Gasteiger partial charge in [0, 0.05) is 10.5 Å². The third-order valence-electron chi connectivity index (χ3n) is 3.89. The molecule has 4 rings (SSSR count). The van der Waals surface area contributed by atoms with Crippen molar-refractivity contribution in [1.82, 2.24) is 4.98 Å². The molecule has 0 saturated carbocycles. The highest BCUT2D eigenvalue weighted by molar-refractivity contribution is 8.03.